The Hall–Kier alpha value is -2.72. The van der Waals surface area contributed by atoms with Gasteiger partial charge in [0.2, 0.25) is 11.7 Å². The molecular formula is C30H39N7O3. The molecule has 40 heavy (non-hydrogen) atoms. The van der Waals surface area contributed by atoms with Crippen LogP contribution in [0.3, 0.4) is 0 Å². The van der Waals surface area contributed by atoms with Crippen molar-refractivity contribution in [2.24, 2.45) is 17.3 Å². The van der Waals surface area contributed by atoms with Crippen molar-refractivity contribution in [1.82, 2.24) is 29.8 Å². The van der Waals surface area contributed by atoms with Crippen LogP contribution in [-0.2, 0) is 9.53 Å². The summed E-state index contributed by atoms with van der Waals surface area (Å²) in [5.74, 6) is 2.77. The van der Waals surface area contributed by atoms with Gasteiger partial charge in [-0.15, -0.1) is 5.10 Å². The van der Waals surface area contributed by atoms with Crippen LogP contribution in [0.4, 0.5) is 5.69 Å². The van der Waals surface area contributed by atoms with Crippen LogP contribution in [0.2, 0.25) is 0 Å². The maximum absolute atomic E-state index is 14.3. The third-order valence-electron chi connectivity index (χ3n) is 11.6. The SMILES string of the molecule is C[C@@H]1CC(C(=O)NC2CC3(C4CC4)CC2C3)n2c1c(N1CCN[C@H]3CC[C@@H]31)c(=O)n1nc(C3=CCOCC3)nc21. The summed E-state index contributed by atoms with van der Waals surface area (Å²) in [6, 6.07) is 0.634. The lowest BCUT2D eigenvalue weighted by Crippen LogP contribution is -2.64. The Morgan fingerprint density at radius 2 is 2.08 bits per heavy atom. The summed E-state index contributed by atoms with van der Waals surface area (Å²) in [5.41, 5.74) is 3.12. The molecule has 2 N–H and O–H groups in total. The molecule has 5 aliphatic carbocycles. The number of aromatic nitrogens is 4. The van der Waals surface area contributed by atoms with Crippen LogP contribution in [-0.4, -0.2) is 69.5 Å². The van der Waals surface area contributed by atoms with Gasteiger partial charge in [-0.25, -0.2) is 0 Å². The number of anilines is 1. The Bertz CT molecular complexity index is 1500. The van der Waals surface area contributed by atoms with Gasteiger partial charge >= 0.3 is 0 Å². The summed E-state index contributed by atoms with van der Waals surface area (Å²) >= 11 is 0. The predicted octanol–water partition coefficient (Wildman–Crippen LogP) is 2.38. The number of carbonyl (C=O) groups is 1. The van der Waals surface area contributed by atoms with Gasteiger partial charge in [0.1, 0.15) is 11.7 Å². The number of fused-ring (bicyclic) bond motifs is 5. The molecule has 10 heteroatoms. The van der Waals surface area contributed by atoms with Crippen LogP contribution in [0.1, 0.15) is 88.2 Å². The number of rotatable bonds is 5. The van der Waals surface area contributed by atoms with Crippen LogP contribution < -0.4 is 21.1 Å². The van der Waals surface area contributed by atoms with Crippen LogP contribution in [0.15, 0.2) is 10.9 Å². The first-order chi connectivity index (χ1) is 19.5. The Morgan fingerprint density at radius 3 is 2.83 bits per heavy atom. The lowest BCUT2D eigenvalue weighted by molar-refractivity contribution is -0.125. The van der Waals surface area contributed by atoms with E-state index in [0.29, 0.717) is 54.7 Å². The fraction of sp³-hybridized carbons (Fsp3) is 0.733. The van der Waals surface area contributed by atoms with Crippen molar-refractivity contribution in [2.75, 3.05) is 31.2 Å². The molecular weight excluding hydrogens is 506 g/mol. The highest BCUT2D eigenvalue weighted by molar-refractivity contribution is 5.83. The van der Waals surface area contributed by atoms with Crippen LogP contribution in [0.5, 0.6) is 0 Å². The molecule has 6 fully saturated rings. The van der Waals surface area contributed by atoms with Crippen molar-refractivity contribution >= 4 is 22.9 Å². The first-order valence-corrected chi connectivity index (χ1v) is 15.6. The molecule has 1 amide bonds. The molecule has 2 aromatic heterocycles. The van der Waals surface area contributed by atoms with Crippen molar-refractivity contribution in [3.05, 3.63) is 27.9 Å². The molecule has 5 atom stereocenters. The average molecular weight is 546 g/mol. The quantitative estimate of drug-likeness (QED) is 0.594. The van der Waals surface area contributed by atoms with E-state index in [-0.39, 0.29) is 29.5 Å². The van der Waals surface area contributed by atoms with Crippen LogP contribution in [0, 0.1) is 17.3 Å². The van der Waals surface area contributed by atoms with E-state index in [2.05, 4.69) is 27.0 Å². The minimum atomic E-state index is -0.387. The maximum atomic E-state index is 14.3. The van der Waals surface area contributed by atoms with Crippen molar-refractivity contribution in [3.8, 4) is 0 Å². The zero-order valence-electron chi connectivity index (χ0n) is 23.3. The molecule has 212 valence electrons. The second kappa shape index (κ2) is 8.41. The van der Waals surface area contributed by atoms with Gasteiger partial charge in [0.25, 0.3) is 5.56 Å². The van der Waals surface area contributed by atoms with Gasteiger partial charge in [0.15, 0.2) is 5.82 Å². The molecule has 2 aromatic rings. The van der Waals surface area contributed by atoms with Crippen LogP contribution >= 0.6 is 0 Å². The lowest BCUT2D eigenvalue weighted by atomic mass is 9.66. The fourth-order valence-corrected chi connectivity index (χ4v) is 9.31. The maximum Gasteiger partial charge on any atom is 0.299 e. The van der Waals surface area contributed by atoms with Gasteiger partial charge in [0.05, 0.1) is 18.9 Å². The zero-order valence-corrected chi connectivity index (χ0v) is 23.3. The number of hydrogen-bond donors (Lipinski definition) is 2. The summed E-state index contributed by atoms with van der Waals surface area (Å²) in [6.45, 7) is 4.97. The highest BCUT2D eigenvalue weighted by Gasteiger charge is 2.62. The average Bonchev–Trinajstić information content (AvgIpc) is 3.26. The molecule has 10 nitrogen and oxygen atoms in total. The summed E-state index contributed by atoms with van der Waals surface area (Å²) in [4.78, 5) is 35.6. The summed E-state index contributed by atoms with van der Waals surface area (Å²) in [6.07, 6.45) is 12.1. The van der Waals surface area contributed by atoms with E-state index in [1.807, 2.05) is 6.08 Å². The summed E-state index contributed by atoms with van der Waals surface area (Å²) in [7, 11) is 0. The second-order valence-electron chi connectivity index (χ2n) is 13.8. The molecule has 1 saturated heterocycles. The molecule has 3 aliphatic heterocycles. The van der Waals surface area contributed by atoms with E-state index in [1.165, 1.54) is 30.2 Å². The van der Waals surface area contributed by atoms with Gasteiger partial charge in [-0.2, -0.15) is 9.50 Å². The first kappa shape index (κ1) is 23.9. The van der Waals surface area contributed by atoms with Gasteiger partial charge in [-0.05, 0) is 80.6 Å². The minimum Gasteiger partial charge on any atom is -0.377 e. The number of nitrogens with zero attached hydrogens (tertiary/aromatic N) is 5. The van der Waals surface area contributed by atoms with E-state index in [0.717, 1.165) is 61.6 Å². The van der Waals surface area contributed by atoms with Gasteiger partial charge in [-0.3, -0.25) is 14.2 Å². The highest BCUT2D eigenvalue weighted by atomic mass is 16.5. The summed E-state index contributed by atoms with van der Waals surface area (Å²) in [5, 5.41) is 11.9. The van der Waals surface area contributed by atoms with Crippen molar-refractivity contribution in [3.63, 3.8) is 0 Å². The zero-order chi connectivity index (χ0) is 26.7. The molecule has 0 aromatic carbocycles. The molecule has 5 heterocycles. The lowest BCUT2D eigenvalue weighted by Gasteiger charge is -2.50. The molecule has 2 bridgehead atoms. The molecule has 5 saturated carbocycles. The number of nitrogens with one attached hydrogen (secondary N) is 2. The van der Waals surface area contributed by atoms with Gasteiger partial charge in [-0.1, -0.05) is 13.0 Å². The second-order valence-corrected chi connectivity index (χ2v) is 13.8. The van der Waals surface area contributed by atoms with Crippen molar-refractivity contribution in [2.45, 2.75) is 94.8 Å². The fourth-order valence-electron chi connectivity index (χ4n) is 9.31. The van der Waals surface area contributed by atoms with E-state index < -0.39 is 0 Å². The number of piperazine rings is 1. The third-order valence-corrected chi connectivity index (χ3v) is 11.6. The summed E-state index contributed by atoms with van der Waals surface area (Å²) < 4.78 is 9.10. The molecule has 8 aliphatic rings. The number of amides is 1. The van der Waals surface area contributed by atoms with E-state index in [1.54, 1.807) is 0 Å². The third kappa shape index (κ3) is 3.29. The number of ether oxygens (including phenoxy) is 1. The number of carbonyl (C=O) groups excluding carboxylic acids is 1. The highest BCUT2D eigenvalue weighted by Crippen LogP contribution is 2.68. The molecule has 10 rings (SSSR count). The monoisotopic (exact) mass is 545 g/mol. The predicted molar refractivity (Wildman–Crippen MR) is 149 cm³/mol. The van der Waals surface area contributed by atoms with Gasteiger partial charge in [0, 0.05) is 37.1 Å². The van der Waals surface area contributed by atoms with Crippen molar-refractivity contribution in [1.29, 1.82) is 0 Å². The molecule has 0 spiro atoms. The largest absolute Gasteiger partial charge is 0.377 e. The van der Waals surface area contributed by atoms with E-state index in [9.17, 15) is 9.59 Å². The topological polar surface area (TPSA) is 106 Å². The van der Waals surface area contributed by atoms with E-state index >= 15 is 0 Å². The van der Waals surface area contributed by atoms with Crippen molar-refractivity contribution < 1.29 is 9.53 Å². The Labute approximate surface area is 233 Å². The molecule has 2 unspecified atom stereocenters. The first-order valence-electron chi connectivity index (χ1n) is 15.6. The normalized spacial score (nSPS) is 37.9. The Kier molecular flexibility index (Phi) is 5.03. The minimum absolute atomic E-state index is 0.0781. The standard InChI is InChI=1S/C30H39N7O3/c1-16-12-23(27(38)32-21-15-30(19-2-3-19)13-18(21)14-30)36-24(16)25(35-9-8-31-20-4-5-22(20)35)28(39)37-29(36)33-26(34-37)17-6-10-40-11-7-17/h6,16,18-23,31H,2-5,7-15H2,1H3,(H,32,38)/t16-,18?,20+,21?,22+,23?,30?/m1/s1. The van der Waals surface area contributed by atoms with E-state index in [4.69, 9.17) is 14.8 Å². The van der Waals surface area contributed by atoms with Crippen LogP contribution in [0.25, 0.3) is 11.4 Å². The smallest absolute Gasteiger partial charge is 0.299 e. The Morgan fingerprint density at radius 1 is 1.20 bits per heavy atom. The molecule has 0 radical (unpaired) electrons. The van der Waals surface area contributed by atoms with Gasteiger partial charge < -0.3 is 20.3 Å². The number of hydrogen-bond acceptors (Lipinski definition) is 7. The Balaban J connectivity index is 1.14.